The van der Waals surface area contributed by atoms with E-state index in [-0.39, 0.29) is 5.78 Å². The minimum Gasteiger partial charge on any atom is -0.285 e. The van der Waals surface area contributed by atoms with Crippen molar-refractivity contribution in [2.45, 2.75) is 19.3 Å². The third-order valence-corrected chi connectivity index (χ3v) is 2.17. The van der Waals surface area contributed by atoms with Gasteiger partial charge in [0.2, 0.25) is 5.78 Å². The summed E-state index contributed by atoms with van der Waals surface area (Å²) in [4.78, 5) is 11.3. The molecule has 1 rings (SSSR count). The highest BCUT2D eigenvalue weighted by Gasteiger charge is 1.95. The first-order chi connectivity index (χ1) is 7.33. The Morgan fingerprint density at radius 2 is 1.93 bits per heavy atom. The Balaban J connectivity index is 2.41. The molecule has 0 aromatic heterocycles. The van der Waals surface area contributed by atoms with Crippen LogP contribution in [0.3, 0.4) is 0 Å². The van der Waals surface area contributed by atoms with Gasteiger partial charge in [0, 0.05) is 17.9 Å². The molecule has 0 aliphatic carbocycles. The van der Waals surface area contributed by atoms with Crippen LogP contribution in [0.15, 0.2) is 30.3 Å². The average Bonchev–Trinajstić information content (AvgIpc) is 2.28. The van der Waals surface area contributed by atoms with Crippen LogP contribution in [-0.4, -0.2) is 11.7 Å². The number of unbranched alkanes of at least 4 members (excludes halogenated alkanes) is 1. The molecule has 0 fully saturated rings. The molecule has 0 amide bonds. The van der Waals surface area contributed by atoms with Crippen LogP contribution in [0.5, 0.6) is 0 Å². The lowest BCUT2D eigenvalue weighted by atomic mass is 10.1. The third-order valence-electron chi connectivity index (χ3n) is 1.91. The van der Waals surface area contributed by atoms with E-state index >= 15 is 0 Å². The molecule has 0 saturated carbocycles. The van der Waals surface area contributed by atoms with Gasteiger partial charge in [-0.05, 0) is 30.9 Å². The summed E-state index contributed by atoms with van der Waals surface area (Å²) in [6.45, 7) is 0. The summed E-state index contributed by atoms with van der Waals surface area (Å²) >= 11 is 5.51. The highest BCUT2D eigenvalue weighted by molar-refractivity contribution is 6.17. The first-order valence-corrected chi connectivity index (χ1v) is 5.52. The predicted molar refractivity (Wildman–Crippen MR) is 62.9 cm³/mol. The summed E-state index contributed by atoms with van der Waals surface area (Å²) in [5.41, 5.74) is 0.878. The van der Waals surface area contributed by atoms with Crippen LogP contribution in [0.25, 0.3) is 0 Å². The van der Waals surface area contributed by atoms with Gasteiger partial charge in [-0.3, -0.25) is 4.79 Å². The normalized spacial score (nSPS) is 9.13. The Labute approximate surface area is 95.5 Å². The molecule has 0 saturated heterocycles. The van der Waals surface area contributed by atoms with Gasteiger partial charge in [0.1, 0.15) is 0 Å². The second kappa shape index (κ2) is 7.09. The van der Waals surface area contributed by atoms with Crippen molar-refractivity contribution in [1.29, 1.82) is 0 Å². The van der Waals surface area contributed by atoms with E-state index in [1.807, 2.05) is 30.3 Å². The van der Waals surface area contributed by atoms with E-state index < -0.39 is 0 Å². The zero-order valence-electron chi connectivity index (χ0n) is 8.50. The van der Waals surface area contributed by atoms with Crippen molar-refractivity contribution < 1.29 is 4.79 Å². The summed E-state index contributed by atoms with van der Waals surface area (Å²) in [6.07, 6.45) is 2.21. The Kier molecular flexibility index (Phi) is 5.58. The fraction of sp³-hybridized carbons (Fsp3) is 0.308. The zero-order chi connectivity index (χ0) is 10.9. The van der Waals surface area contributed by atoms with Crippen molar-refractivity contribution in [1.82, 2.24) is 0 Å². The van der Waals surface area contributed by atoms with E-state index in [2.05, 4.69) is 11.8 Å². The van der Waals surface area contributed by atoms with Crippen molar-refractivity contribution >= 4 is 17.4 Å². The van der Waals surface area contributed by atoms with Gasteiger partial charge in [0.05, 0.1) is 0 Å². The van der Waals surface area contributed by atoms with Crippen LogP contribution in [0.2, 0.25) is 0 Å². The van der Waals surface area contributed by atoms with Crippen molar-refractivity contribution in [3.63, 3.8) is 0 Å². The summed E-state index contributed by atoms with van der Waals surface area (Å²) in [5.74, 6) is 6.06. The van der Waals surface area contributed by atoms with Crippen molar-refractivity contribution in [2.24, 2.45) is 0 Å². The molecule has 2 heteroatoms. The van der Waals surface area contributed by atoms with Crippen molar-refractivity contribution in [3.8, 4) is 11.8 Å². The topological polar surface area (TPSA) is 17.1 Å². The van der Waals surface area contributed by atoms with E-state index in [1.165, 1.54) is 0 Å². The lowest BCUT2D eigenvalue weighted by Gasteiger charge is -1.91. The van der Waals surface area contributed by atoms with Gasteiger partial charge >= 0.3 is 0 Å². The molecule has 0 atom stereocenters. The molecule has 78 valence electrons. The van der Waals surface area contributed by atoms with Gasteiger partial charge in [-0.25, -0.2) is 0 Å². The third kappa shape index (κ3) is 5.24. The standard InChI is InChI=1S/C13H13ClO/c14-11-5-4-8-13(15)10-9-12-6-2-1-3-7-12/h1-3,6-7H,4-5,8,11H2. The molecule has 0 N–H and O–H groups in total. The predicted octanol–water partition coefficient (Wildman–Crippen LogP) is 3.02. The fourth-order valence-corrected chi connectivity index (χ4v) is 1.29. The number of Topliss-reactive ketones (excluding diaryl/α,β-unsaturated/α-hetero) is 1. The maximum Gasteiger partial charge on any atom is 0.205 e. The van der Waals surface area contributed by atoms with Crippen LogP contribution < -0.4 is 0 Å². The van der Waals surface area contributed by atoms with Crippen LogP contribution in [0.1, 0.15) is 24.8 Å². The maximum absolute atomic E-state index is 11.3. The van der Waals surface area contributed by atoms with Gasteiger partial charge in [-0.1, -0.05) is 24.1 Å². The Morgan fingerprint density at radius 3 is 2.60 bits per heavy atom. The molecule has 0 unspecified atom stereocenters. The molecule has 1 aromatic rings. The first kappa shape index (κ1) is 11.8. The minimum absolute atomic E-state index is 0.0102. The molecule has 0 aliphatic rings. The number of benzene rings is 1. The molecule has 0 heterocycles. The lowest BCUT2D eigenvalue weighted by molar-refractivity contribution is -0.113. The molecule has 0 spiro atoms. The number of rotatable bonds is 4. The summed E-state index contributed by atoms with van der Waals surface area (Å²) in [6, 6.07) is 9.51. The maximum atomic E-state index is 11.3. The molecular weight excluding hydrogens is 208 g/mol. The monoisotopic (exact) mass is 220 g/mol. The quantitative estimate of drug-likeness (QED) is 0.433. The molecule has 1 aromatic carbocycles. The highest BCUT2D eigenvalue weighted by Crippen LogP contribution is 1.98. The van der Waals surface area contributed by atoms with E-state index in [0.717, 1.165) is 18.4 Å². The zero-order valence-corrected chi connectivity index (χ0v) is 9.26. The highest BCUT2D eigenvalue weighted by atomic mass is 35.5. The minimum atomic E-state index is -0.0102. The smallest absolute Gasteiger partial charge is 0.205 e. The molecule has 0 aliphatic heterocycles. The number of ketones is 1. The Bertz CT molecular complexity index is 359. The van der Waals surface area contributed by atoms with Crippen LogP contribution in [0, 0.1) is 11.8 Å². The van der Waals surface area contributed by atoms with E-state index in [1.54, 1.807) is 0 Å². The van der Waals surface area contributed by atoms with Crippen LogP contribution >= 0.6 is 11.6 Å². The van der Waals surface area contributed by atoms with Crippen molar-refractivity contribution in [2.75, 3.05) is 5.88 Å². The molecule has 0 radical (unpaired) electrons. The largest absolute Gasteiger partial charge is 0.285 e. The van der Waals surface area contributed by atoms with Crippen LogP contribution in [0.4, 0.5) is 0 Å². The number of halogens is 1. The Morgan fingerprint density at radius 1 is 1.20 bits per heavy atom. The molecule has 15 heavy (non-hydrogen) atoms. The van der Waals surface area contributed by atoms with Gasteiger partial charge in [-0.15, -0.1) is 11.6 Å². The Hall–Kier alpha value is -1.26. The van der Waals surface area contributed by atoms with Gasteiger partial charge in [0.25, 0.3) is 0 Å². The summed E-state index contributed by atoms with van der Waals surface area (Å²) in [7, 11) is 0. The van der Waals surface area contributed by atoms with Crippen LogP contribution in [-0.2, 0) is 4.79 Å². The number of hydrogen-bond donors (Lipinski definition) is 0. The lowest BCUT2D eigenvalue weighted by Crippen LogP contribution is -1.93. The van der Waals surface area contributed by atoms with Crippen molar-refractivity contribution in [3.05, 3.63) is 35.9 Å². The van der Waals surface area contributed by atoms with E-state index in [4.69, 9.17) is 11.6 Å². The summed E-state index contributed by atoms with van der Waals surface area (Å²) in [5, 5.41) is 0. The van der Waals surface area contributed by atoms with E-state index in [0.29, 0.717) is 12.3 Å². The molecule has 1 nitrogen and oxygen atoms in total. The first-order valence-electron chi connectivity index (χ1n) is 4.99. The molecule has 0 bridgehead atoms. The number of carbonyl (C=O) groups excluding carboxylic acids is 1. The number of hydrogen-bond acceptors (Lipinski definition) is 1. The summed E-state index contributed by atoms with van der Waals surface area (Å²) < 4.78 is 0. The number of alkyl halides is 1. The number of carbonyl (C=O) groups is 1. The van der Waals surface area contributed by atoms with E-state index in [9.17, 15) is 4.79 Å². The SMILES string of the molecule is O=C(C#Cc1ccccc1)CCCCCl. The fourth-order valence-electron chi connectivity index (χ4n) is 1.11. The molecular formula is C13H13ClO. The van der Waals surface area contributed by atoms with Gasteiger partial charge in [0.15, 0.2) is 0 Å². The van der Waals surface area contributed by atoms with Gasteiger partial charge in [-0.2, -0.15) is 0 Å². The van der Waals surface area contributed by atoms with Gasteiger partial charge < -0.3 is 0 Å². The average molecular weight is 221 g/mol. The second-order valence-corrected chi connectivity index (χ2v) is 3.56. The second-order valence-electron chi connectivity index (χ2n) is 3.19.